The Bertz CT molecular complexity index is 525. The van der Waals surface area contributed by atoms with Gasteiger partial charge in [0.1, 0.15) is 0 Å². The van der Waals surface area contributed by atoms with Gasteiger partial charge in [0.25, 0.3) is 5.91 Å². The van der Waals surface area contributed by atoms with Crippen LogP contribution in [0.5, 0.6) is 0 Å². The number of hydrogen-bond acceptors (Lipinski definition) is 4. The van der Waals surface area contributed by atoms with Crippen molar-refractivity contribution < 1.29 is 14.3 Å². The van der Waals surface area contributed by atoms with Crippen LogP contribution in [0, 0.1) is 5.92 Å². The third-order valence-corrected chi connectivity index (χ3v) is 3.96. The highest BCUT2D eigenvalue weighted by Crippen LogP contribution is 2.16. The third kappa shape index (κ3) is 4.23. The summed E-state index contributed by atoms with van der Waals surface area (Å²) in [5.74, 6) is -0.0412. The van der Waals surface area contributed by atoms with Crippen molar-refractivity contribution in [2.75, 3.05) is 38.7 Å². The Morgan fingerprint density at radius 2 is 1.95 bits per heavy atom. The second-order valence-electron chi connectivity index (χ2n) is 6.10. The Kier molecular flexibility index (Phi) is 5.41. The van der Waals surface area contributed by atoms with Crippen molar-refractivity contribution in [2.24, 2.45) is 5.92 Å². The molecule has 5 heteroatoms. The lowest BCUT2D eigenvalue weighted by Crippen LogP contribution is -2.41. The van der Waals surface area contributed by atoms with Crippen LogP contribution in [0.4, 0.5) is 5.69 Å². The number of nitrogens with zero attached hydrogens (tertiary/aromatic N) is 2. The minimum absolute atomic E-state index is 0.107. The monoisotopic (exact) mass is 304 g/mol. The molecule has 0 spiro atoms. The summed E-state index contributed by atoms with van der Waals surface area (Å²) < 4.78 is 5.13. The van der Waals surface area contributed by atoms with E-state index in [1.165, 1.54) is 0 Å². The van der Waals surface area contributed by atoms with Gasteiger partial charge in [-0.15, -0.1) is 0 Å². The van der Waals surface area contributed by atoms with E-state index in [-0.39, 0.29) is 12.5 Å². The van der Waals surface area contributed by atoms with E-state index < -0.39 is 5.97 Å². The minimum Gasteiger partial charge on any atom is -0.452 e. The van der Waals surface area contributed by atoms with E-state index in [9.17, 15) is 9.59 Å². The molecule has 1 heterocycles. The molecule has 1 fully saturated rings. The normalized spacial score (nSPS) is 18.0. The maximum atomic E-state index is 12.1. The predicted molar refractivity (Wildman–Crippen MR) is 86.0 cm³/mol. The van der Waals surface area contributed by atoms with E-state index in [4.69, 9.17) is 4.74 Å². The molecule has 0 unspecified atom stereocenters. The molecule has 5 nitrogen and oxygen atoms in total. The summed E-state index contributed by atoms with van der Waals surface area (Å²) in [6.07, 6.45) is 2.18. The van der Waals surface area contributed by atoms with E-state index in [1.807, 2.05) is 31.1 Å². The van der Waals surface area contributed by atoms with Crippen LogP contribution in [0.15, 0.2) is 24.3 Å². The van der Waals surface area contributed by atoms with Crippen LogP contribution in [0.3, 0.4) is 0 Å². The molecule has 1 atom stereocenters. The summed E-state index contributed by atoms with van der Waals surface area (Å²) in [4.78, 5) is 27.8. The molecule has 1 aromatic carbocycles. The van der Waals surface area contributed by atoms with Crippen molar-refractivity contribution in [1.29, 1.82) is 0 Å². The van der Waals surface area contributed by atoms with E-state index in [1.54, 1.807) is 17.0 Å². The second kappa shape index (κ2) is 7.29. The third-order valence-electron chi connectivity index (χ3n) is 3.96. The number of anilines is 1. The number of esters is 1. The highest BCUT2D eigenvalue weighted by Gasteiger charge is 2.22. The van der Waals surface area contributed by atoms with Gasteiger partial charge in [0.2, 0.25) is 0 Å². The number of hydrogen-bond donors (Lipinski definition) is 0. The van der Waals surface area contributed by atoms with Gasteiger partial charge in [-0.05, 0) is 43.0 Å². The highest BCUT2D eigenvalue weighted by atomic mass is 16.5. The summed E-state index contributed by atoms with van der Waals surface area (Å²) in [7, 11) is 3.87. The molecule has 1 aromatic rings. The van der Waals surface area contributed by atoms with Gasteiger partial charge in [0.05, 0.1) is 5.56 Å². The van der Waals surface area contributed by atoms with Gasteiger partial charge in [-0.3, -0.25) is 4.79 Å². The summed E-state index contributed by atoms with van der Waals surface area (Å²) >= 11 is 0. The second-order valence-corrected chi connectivity index (χ2v) is 6.10. The van der Waals surface area contributed by atoms with E-state index in [0.29, 0.717) is 11.5 Å². The first-order valence-corrected chi connectivity index (χ1v) is 7.69. The van der Waals surface area contributed by atoms with Crippen LogP contribution in [0.25, 0.3) is 0 Å². The van der Waals surface area contributed by atoms with Crippen molar-refractivity contribution in [2.45, 2.75) is 19.8 Å². The number of ether oxygens (including phenoxy) is 1. The fourth-order valence-corrected chi connectivity index (χ4v) is 2.61. The molecule has 0 saturated carbocycles. The summed E-state index contributed by atoms with van der Waals surface area (Å²) in [5.41, 5.74) is 1.47. The first-order valence-electron chi connectivity index (χ1n) is 7.69. The first kappa shape index (κ1) is 16.3. The number of amides is 1. The topological polar surface area (TPSA) is 49.9 Å². The highest BCUT2D eigenvalue weighted by molar-refractivity contribution is 5.91. The van der Waals surface area contributed by atoms with Gasteiger partial charge in [0.15, 0.2) is 6.61 Å². The Morgan fingerprint density at radius 1 is 1.27 bits per heavy atom. The zero-order valence-corrected chi connectivity index (χ0v) is 13.5. The lowest BCUT2D eigenvalue weighted by molar-refractivity contribution is -0.136. The molecule has 1 aliphatic heterocycles. The molecule has 1 aliphatic rings. The van der Waals surface area contributed by atoms with Crippen molar-refractivity contribution in [3.63, 3.8) is 0 Å². The molecule has 1 saturated heterocycles. The van der Waals surface area contributed by atoms with E-state index in [0.717, 1.165) is 31.6 Å². The van der Waals surface area contributed by atoms with Gasteiger partial charge < -0.3 is 14.5 Å². The Balaban J connectivity index is 1.85. The number of carbonyl (C=O) groups excluding carboxylic acids is 2. The Morgan fingerprint density at radius 3 is 2.55 bits per heavy atom. The van der Waals surface area contributed by atoms with Gasteiger partial charge in [-0.2, -0.15) is 0 Å². The lowest BCUT2D eigenvalue weighted by atomic mass is 10.0. The van der Waals surface area contributed by atoms with Gasteiger partial charge in [0, 0.05) is 32.9 Å². The number of carbonyl (C=O) groups is 2. The molecule has 1 amide bonds. The molecular formula is C17H24N2O3. The predicted octanol–water partition coefficient (Wildman–Crippen LogP) is 2.17. The maximum absolute atomic E-state index is 12.1. The number of likely N-dealkylation sites (tertiary alicyclic amines) is 1. The molecule has 2 rings (SSSR count). The number of rotatable bonds is 4. The van der Waals surface area contributed by atoms with Gasteiger partial charge in [-0.25, -0.2) is 4.79 Å². The van der Waals surface area contributed by atoms with Crippen LogP contribution in [0.2, 0.25) is 0 Å². The summed E-state index contributed by atoms with van der Waals surface area (Å²) in [5, 5.41) is 0. The molecule has 22 heavy (non-hydrogen) atoms. The van der Waals surface area contributed by atoms with Gasteiger partial charge >= 0.3 is 5.97 Å². The minimum atomic E-state index is -0.455. The van der Waals surface area contributed by atoms with Crippen molar-refractivity contribution in [1.82, 2.24) is 4.90 Å². The lowest BCUT2D eigenvalue weighted by Gasteiger charge is -2.30. The summed E-state index contributed by atoms with van der Waals surface area (Å²) in [6.45, 7) is 3.48. The smallest absolute Gasteiger partial charge is 0.338 e. The van der Waals surface area contributed by atoms with E-state index >= 15 is 0 Å². The maximum Gasteiger partial charge on any atom is 0.338 e. The molecule has 0 bridgehead atoms. The van der Waals surface area contributed by atoms with Crippen molar-refractivity contribution in [3.8, 4) is 0 Å². The Hall–Kier alpha value is -2.04. The van der Waals surface area contributed by atoms with Crippen molar-refractivity contribution in [3.05, 3.63) is 29.8 Å². The quantitative estimate of drug-likeness (QED) is 0.800. The van der Waals surface area contributed by atoms with Crippen LogP contribution in [-0.4, -0.2) is 50.6 Å². The SMILES string of the molecule is C[C@@H]1CCCN(C(=O)COC(=O)c2ccc(N(C)C)cc2)C1. The fourth-order valence-electron chi connectivity index (χ4n) is 2.61. The molecule has 120 valence electrons. The summed E-state index contributed by atoms with van der Waals surface area (Å²) in [6, 6.07) is 7.13. The van der Waals surface area contributed by atoms with Crippen LogP contribution in [-0.2, 0) is 9.53 Å². The molecule has 0 radical (unpaired) electrons. The van der Waals surface area contributed by atoms with Crippen LogP contribution >= 0.6 is 0 Å². The molecular weight excluding hydrogens is 280 g/mol. The zero-order chi connectivity index (χ0) is 16.1. The number of benzene rings is 1. The van der Waals surface area contributed by atoms with Gasteiger partial charge in [-0.1, -0.05) is 6.92 Å². The number of piperidine rings is 1. The van der Waals surface area contributed by atoms with Crippen LogP contribution < -0.4 is 4.90 Å². The average Bonchev–Trinajstić information content (AvgIpc) is 2.52. The fraction of sp³-hybridized carbons (Fsp3) is 0.529. The van der Waals surface area contributed by atoms with E-state index in [2.05, 4.69) is 6.92 Å². The largest absolute Gasteiger partial charge is 0.452 e. The molecule has 0 N–H and O–H groups in total. The zero-order valence-electron chi connectivity index (χ0n) is 13.5. The average molecular weight is 304 g/mol. The first-order chi connectivity index (χ1) is 10.5. The molecule has 0 aromatic heterocycles. The van der Waals surface area contributed by atoms with Crippen molar-refractivity contribution >= 4 is 17.6 Å². The van der Waals surface area contributed by atoms with Crippen LogP contribution in [0.1, 0.15) is 30.1 Å². The standard InChI is InChI=1S/C17H24N2O3/c1-13-5-4-10-19(11-13)16(20)12-22-17(21)14-6-8-15(9-7-14)18(2)3/h6-9,13H,4-5,10-12H2,1-3H3/t13-/m1/s1. The Labute approximate surface area is 131 Å². The molecule has 0 aliphatic carbocycles.